The predicted octanol–water partition coefficient (Wildman–Crippen LogP) is 4.17. The maximum absolute atomic E-state index is 12.8. The molecule has 3 heteroatoms. The fourth-order valence-corrected chi connectivity index (χ4v) is 3.20. The van der Waals surface area contributed by atoms with Crippen molar-refractivity contribution < 1.29 is 14.3 Å². The molecule has 0 amide bonds. The van der Waals surface area contributed by atoms with Gasteiger partial charge in [0.25, 0.3) is 0 Å². The normalized spacial score (nSPS) is 19.8. The van der Waals surface area contributed by atoms with Crippen molar-refractivity contribution in [2.45, 2.75) is 26.6 Å². The fraction of sp³-hybridized carbons (Fsp3) is 0.316. The number of carbonyl (C=O) groups is 1. The molecule has 1 atom stereocenters. The quantitative estimate of drug-likeness (QED) is 0.852. The van der Waals surface area contributed by atoms with Crippen LogP contribution < -0.4 is 0 Å². The molecule has 2 aromatic carbocycles. The summed E-state index contributed by atoms with van der Waals surface area (Å²) in [4.78, 5) is 12.8. The van der Waals surface area contributed by atoms with E-state index < -0.39 is 0 Å². The molecule has 0 spiro atoms. The molecule has 1 aliphatic carbocycles. The topological polar surface area (TPSA) is 35.5 Å². The Bertz CT molecular complexity index is 796. The molecule has 4 rings (SSSR count). The van der Waals surface area contributed by atoms with Crippen LogP contribution in [0, 0.1) is 5.92 Å². The van der Waals surface area contributed by atoms with E-state index in [4.69, 9.17) is 9.47 Å². The summed E-state index contributed by atoms with van der Waals surface area (Å²) >= 11 is 0. The standard InChI is InChI=1S/C19H18O3/c1-11(2)10-21-16-9-15-18(20)13-7-3-5-12-6-4-8-14(17(12)13)19(15)22-16/h3-8,11,16H,9-10H2,1-2H3. The third-order valence-corrected chi connectivity index (χ3v) is 4.18. The van der Waals surface area contributed by atoms with Gasteiger partial charge in [0.05, 0.1) is 6.61 Å². The van der Waals surface area contributed by atoms with Gasteiger partial charge in [-0.1, -0.05) is 50.2 Å². The predicted molar refractivity (Wildman–Crippen MR) is 85.5 cm³/mol. The van der Waals surface area contributed by atoms with E-state index in [9.17, 15) is 4.79 Å². The van der Waals surface area contributed by atoms with Crippen molar-refractivity contribution in [3.05, 3.63) is 53.1 Å². The van der Waals surface area contributed by atoms with Gasteiger partial charge in [-0.05, 0) is 11.3 Å². The Morgan fingerprint density at radius 1 is 1.18 bits per heavy atom. The molecule has 0 bridgehead atoms. The summed E-state index contributed by atoms with van der Waals surface area (Å²) in [6.45, 7) is 4.84. The summed E-state index contributed by atoms with van der Waals surface area (Å²) in [5, 5.41) is 2.07. The third-order valence-electron chi connectivity index (χ3n) is 4.18. The van der Waals surface area contributed by atoms with Crippen molar-refractivity contribution in [3.8, 4) is 0 Å². The van der Waals surface area contributed by atoms with Gasteiger partial charge in [0.1, 0.15) is 5.76 Å². The molecule has 0 N–H and O–H groups in total. The summed E-state index contributed by atoms with van der Waals surface area (Å²) in [6.07, 6.45) is 0.187. The van der Waals surface area contributed by atoms with E-state index in [1.165, 1.54) is 0 Å². The highest BCUT2D eigenvalue weighted by atomic mass is 16.7. The van der Waals surface area contributed by atoms with E-state index in [1.54, 1.807) is 0 Å². The SMILES string of the molecule is CC(C)COC1CC2=C(O1)c1cccc3cccc(c13)C2=O. The van der Waals surface area contributed by atoms with Crippen LogP contribution in [0.25, 0.3) is 16.5 Å². The van der Waals surface area contributed by atoms with Crippen LogP contribution in [0.4, 0.5) is 0 Å². The molecule has 0 aromatic heterocycles. The molecule has 112 valence electrons. The first-order chi connectivity index (χ1) is 10.6. The van der Waals surface area contributed by atoms with Gasteiger partial charge in [0.2, 0.25) is 6.29 Å². The van der Waals surface area contributed by atoms with Crippen LogP contribution in [0.1, 0.15) is 36.2 Å². The molecular weight excluding hydrogens is 276 g/mol. The lowest BCUT2D eigenvalue weighted by atomic mass is 9.86. The number of benzene rings is 2. The van der Waals surface area contributed by atoms with Crippen LogP contribution in [0.2, 0.25) is 0 Å². The average molecular weight is 294 g/mol. The summed E-state index contributed by atoms with van der Waals surface area (Å²) in [5.74, 6) is 1.23. The second-order valence-electron chi connectivity index (χ2n) is 6.32. The highest BCUT2D eigenvalue weighted by molar-refractivity contribution is 6.24. The molecule has 2 aromatic rings. The first-order valence-corrected chi connectivity index (χ1v) is 7.73. The molecule has 0 saturated carbocycles. The maximum Gasteiger partial charge on any atom is 0.204 e. The number of hydrogen-bond acceptors (Lipinski definition) is 3. The minimum absolute atomic E-state index is 0.0787. The largest absolute Gasteiger partial charge is 0.463 e. The molecule has 0 saturated heterocycles. The van der Waals surface area contributed by atoms with Crippen molar-refractivity contribution in [1.82, 2.24) is 0 Å². The zero-order valence-corrected chi connectivity index (χ0v) is 12.8. The summed E-state index contributed by atoms with van der Waals surface area (Å²) < 4.78 is 11.8. The van der Waals surface area contributed by atoms with Gasteiger partial charge in [-0.3, -0.25) is 4.79 Å². The Kier molecular flexibility index (Phi) is 3.05. The summed E-state index contributed by atoms with van der Waals surface area (Å²) in [5.41, 5.74) is 2.54. The van der Waals surface area contributed by atoms with Crippen LogP contribution in [-0.4, -0.2) is 18.7 Å². The van der Waals surface area contributed by atoms with Gasteiger partial charge in [0.15, 0.2) is 5.78 Å². The second kappa shape index (κ2) is 4.96. The molecule has 1 unspecified atom stereocenters. The highest BCUT2D eigenvalue weighted by Gasteiger charge is 2.36. The molecule has 0 radical (unpaired) electrons. The lowest BCUT2D eigenvalue weighted by molar-refractivity contribution is -0.0921. The summed E-state index contributed by atoms with van der Waals surface area (Å²) in [7, 11) is 0. The smallest absolute Gasteiger partial charge is 0.204 e. The number of fused-ring (bicyclic) bond motifs is 1. The Labute approximate surface area is 129 Å². The lowest BCUT2D eigenvalue weighted by Gasteiger charge is -2.18. The van der Waals surface area contributed by atoms with Crippen molar-refractivity contribution in [3.63, 3.8) is 0 Å². The van der Waals surface area contributed by atoms with Gasteiger partial charge in [-0.25, -0.2) is 0 Å². The van der Waals surface area contributed by atoms with Crippen LogP contribution in [0.3, 0.4) is 0 Å². The Hall–Kier alpha value is -2.13. The van der Waals surface area contributed by atoms with Gasteiger partial charge < -0.3 is 9.47 Å². The third kappa shape index (κ3) is 1.97. The van der Waals surface area contributed by atoms with E-state index in [-0.39, 0.29) is 12.1 Å². The second-order valence-corrected chi connectivity index (χ2v) is 6.32. The van der Waals surface area contributed by atoms with Crippen LogP contribution in [-0.2, 0) is 9.47 Å². The zero-order chi connectivity index (χ0) is 15.3. The first-order valence-electron chi connectivity index (χ1n) is 7.73. The monoisotopic (exact) mass is 294 g/mol. The summed E-state index contributed by atoms with van der Waals surface area (Å²) in [6, 6.07) is 11.9. The van der Waals surface area contributed by atoms with Gasteiger partial charge in [-0.2, -0.15) is 0 Å². The van der Waals surface area contributed by atoms with E-state index >= 15 is 0 Å². The molecule has 2 aliphatic rings. The number of rotatable bonds is 3. The van der Waals surface area contributed by atoms with E-state index in [2.05, 4.69) is 13.8 Å². The van der Waals surface area contributed by atoms with E-state index in [0.29, 0.717) is 24.7 Å². The van der Waals surface area contributed by atoms with Crippen LogP contribution >= 0.6 is 0 Å². The minimum Gasteiger partial charge on any atom is -0.463 e. The van der Waals surface area contributed by atoms with Gasteiger partial charge >= 0.3 is 0 Å². The molecule has 1 aliphatic heterocycles. The zero-order valence-electron chi connectivity index (χ0n) is 12.8. The molecule has 3 nitrogen and oxygen atoms in total. The lowest BCUT2D eigenvalue weighted by Crippen LogP contribution is -2.15. The maximum atomic E-state index is 12.8. The Morgan fingerprint density at radius 3 is 2.64 bits per heavy atom. The average Bonchev–Trinajstić information content (AvgIpc) is 2.95. The fourth-order valence-electron chi connectivity index (χ4n) is 3.20. The molecule has 0 fully saturated rings. The number of carbonyl (C=O) groups excluding carboxylic acids is 1. The molecular formula is C19H18O3. The van der Waals surface area contributed by atoms with Crippen LogP contribution in [0.5, 0.6) is 0 Å². The van der Waals surface area contributed by atoms with Crippen molar-refractivity contribution >= 4 is 22.3 Å². The molecule has 1 heterocycles. The molecule has 22 heavy (non-hydrogen) atoms. The first kappa shape index (κ1) is 13.5. The number of ether oxygens (including phenoxy) is 2. The van der Waals surface area contributed by atoms with Crippen LogP contribution in [0.15, 0.2) is 42.0 Å². The van der Waals surface area contributed by atoms with Gasteiger partial charge in [0, 0.05) is 28.5 Å². The van der Waals surface area contributed by atoms with Gasteiger partial charge in [-0.15, -0.1) is 0 Å². The van der Waals surface area contributed by atoms with Crippen molar-refractivity contribution in [2.75, 3.05) is 6.61 Å². The minimum atomic E-state index is -0.346. The Morgan fingerprint density at radius 2 is 1.91 bits per heavy atom. The highest BCUT2D eigenvalue weighted by Crippen LogP contribution is 2.43. The van der Waals surface area contributed by atoms with E-state index in [0.717, 1.165) is 27.5 Å². The van der Waals surface area contributed by atoms with Crippen molar-refractivity contribution in [2.24, 2.45) is 5.92 Å². The number of hydrogen-bond donors (Lipinski definition) is 0. The number of Topliss-reactive ketones (excluding diaryl/α,β-unsaturated/α-hetero) is 1. The Balaban J connectivity index is 1.76. The van der Waals surface area contributed by atoms with Crippen molar-refractivity contribution in [1.29, 1.82) is 0 Å². The van der Waals surface area contributed by atoms with E-state index in [1.807, 2.05) is 36.4 Å². The number of ketones is 1.